The van der Waals surface area contributed by atoms with Crippen LogP contribution in [-0.2, 0) is 16.1 Å². The topological polar surface area (TPSA) is 89.9 Å². The van der Waals surface area contributed by atoms with E-state index >= 15 is 0 Å². The summed E-state index contributed by atoms with van der Waals surface area (Å²) in [4.78, 5) is 25.2. The molecule has 0 amide bonds. The van der Waals surface area contributed by atoms with Crippen LogP contribution in [-0.4, -0.2) is 32.7 Å². The van der Waals surface area contributed by atoms with Crippen LogP contribution in [0.3, 0.4) is 0 Å². The number of benzene rings is 1. The van der Waals surface area contributed by atoms with Crippen molar-refractivity contribution in [3.63, 3.8) is 0 Å². The average molecular weight is 443 g/mol. The molecule has 168 valence electrons. The molecule has 0 bridgehead atoms. The van der Waals surface area contributed by atoms with Crippen molar-refractivity contribution >= 4 is 17.8 Å². The number of ether oxygens (including phenoxy) is 1. The predicted octanol–water partition coefficient (Wildman–Crippen LogP) is 4.43. The molecule has 3 aromatic rings. The zero-order valence-corrected chi connectivity index (χ0v) is 19.3. The van der Waals surface area contributed by atoms with Crippen LogP contribution in [0.1, 0.15) is 38.7 Å². The summed E-state index contributed by atoms with van der Waals surface area (Å²) in [6.45, 7) is 11.3. The van der Waals surface area contributed by atoms with Gasteiger partial charge in [0.05, 0.1) is 11.4 Å². The second kappa shape index (κ2) is 9.96. The first-order chi connectivity index (χ1) is 15.8. The van der Waals surface area contributed by atoms with Gasteiger partial charge in [0, 0.05) is 34.8 Å². The Labute approximate surface area is 193 Å². The highest BCUT2D eigenvalue weighted by atomic mass is 16.5. The number of Topliss-reactive ketones (excluding diaryl/α,β-unsaturated/α-hetero) is 1. The normalized spacial score (nSPS) is 11.2. The molecule has 0 aliphatic rings. The summed E-state index contributed by atoms with van der Waals surface area (Å²) in [5.74, 6) is -1.18. The first-order valence-electron chi connectivity index (χ1n) is 10.5. The second-order valence-electron chi connectivity index (χ2n) is 7.69. The van der Waals surface area contributed by atoms with Gasteiger partial charge in [0.15, 0.2) is 6.61 Å². The Morgan fingerprint density at radius 1 is 1.15 bits per heavy atom. The van der Waals surface area contributed by atoms with Gasteiger partial charge in [0.1, 0.15) is 11.6 Å². The van der Waals surface area contributed by atoms with E-state index in [0.717, 1.165) is 22.8 Å². The number of hydrogen-bond donors (Lipinski definition) is 0. The minimum Gasteiger partial charge on any atom is -0.453 e. The van der Waals surface area contributed by atoms with E-state index in [4.69, 9.17) is 4.74 Å². The van der Waals surface area contributed by atoms with Crippen molar-refractivity contribution in [3.05, 3.63) is 88.5 Å². The minimum atomic E-state index is -0.850. The lowest BCUT2D eigenvalue weighted by atomic mass is 10.1. The minimum absolute atomic E-state index is 0.196. The molecule has 0 atom stereocenters. The molecular formula is C26H26N4O3. The number of nitrogens with zero attached hydrogens (tertiary/aromatic N) is 4. The summed E-state index contributed by atoms with van der Waals surface area (Å²) in [5.41, 5.74) is 4.97. The van der Waals surface area contributed by atoms with Crippen LogP contribution < -0.4 is 0 Å². The zero-order chi connectivity index (χ0) is 24.1. The van der Waals surface area contributed by atoms with E-state index in [1.165, 1.54) is 6.08 Å². The van der Waals surface area contributed by atoms with Gasteiger partial charge in [-0.15, -0.1) is 6.58 Å². The maximum absolute atomic E-state index is 12.6. The van der Waals surface area contributed by atoms with E-state index < -0.39 is 12.6 Å². The Bertz CT molecular complexity index is 1290. The van der Waals surface area contributed by atoms with Crippen molar-refractivity contribution in [1.82, 2.24) is 14.3 Å². The Morgan fingerprint density at radius 2 is 1.85 bits per heavy atom. The van der Waals surface area contributed by atoms with Gasteiger partial charge < -0.3 is 9.30 Å². The molecular weight excluding hydrogens is 416 g/mol. The fraction of sp³-hybridized carbons (Fsp3) is 0.231. The molecule has 0 radical (unpaired) electrons. The summed E-state index contributed by atoms with van der Waals surface area (Å²) in [6, 6.07) is 13.2. The SMILES string of the molecule is C=CCn1c(C)cc(C(=O)COC(=O)C(C#N)=Cc2c(C)nn(-c3ccccc3)c2C)c1C. The van der Waals surface area contributed by atoms with Gasteiger partial charge in [-0.3, -0.25) is 4.79 Å². The summed E-state index contributed by atoms with van der Waals surface area (Å²) < 4.78 is 8.89. The fourth-order valence-corrected chi connectivity index (χ4v) is 3.75. The molecule has 0 saturated carbocycles. The monoisotopic (exact) mass is 442 g/mol. The number of para-hydroxylation sites is 1. The third-order valence-corrected chi connectivity index (χ3v) is 5.50. The largest absolute Gasteiger partial charge is 0.453 e. The second-order valence-corrected chi connectivity index (χ2v) is 7.69. The number of aromatic nitrogens is 3. The van der Waals surface area contributed by atoms with Gasteiger partial charge in [-0.05, 0) is 52.0 Å². The Morgan fingerprint density at radius 3 is 2.48 bits per heavy atom. The van der Waals surface area contributed by atoms with Crippen molar-refractivity contribution < 1.29 is 14.3 Å². The van der Waals surface area contributed by atoms with E-state index in [2.05, 4.69) is 11.7 Å². The highest BCUT2D eigenvalue weighted by Gasteiger charge is 2.20. The molecule has 33 heavy (non-hydrogen) atoms. The van der Waals surface area contributed by atoms with Gasteiger partial charge >= 0.3 is 5.97 Å². The summed E-state index contributed by atoms with van der Waals surface area (Å²) in [7, 11) is 0. The van der Waals surface area contributed by atoms with Crippen LogP contribution in [0.15, 0.2) is 54.6 Å². The molecule has 0 aliphatic heterocycles. The Kier molecular flexibility index (Phi) is 7.09. The molecule has 0 N–H and O–H groups in total. The first-order valence-corrected chi connectivity index (χ1v) is 10.5. The molecule has 3 rings (SSSR count). The van der Waals surface area contributed by atoms with Gasteiger partial charge in [-0.1, -0.05) is 24.3 Å². The third-order valence-electron chi connectivity index (χ3n) is 5.50. The highest BCUT2D eigenvalue weighted by molar-refractivity contribution is 6.02. The van der Waals surface area contributed by atoms with Gasteiger partial charge in [-0.25, -0.2) is 9.48 Å². The molecule has 7 nitrogen and oxygen atoms in total. The number of esters is 1. The number of carbonyl (C=O) groups is 2. The molecule has 0 unspecified atom stereocenters. The van der Waals surface area contributed by atoms with Crippen molar-refractivity contribution in [2.24, 2.45) is 0 Å². The molecule has 2 heterocycles. The molecule has 1 aromatic carbocycles. The van der Waals surface area contributed by atoms with Crippen LogP contribution in [0.2, 0.25) is 0 Å². The van der Waals surface area contributed by atoms with Crippen molar-refractivity contribution in [1.29, 1.82) is 5.26 Å². The fourth-order valence-electron chi connectivity index (χ4n) is 3.75. The maximum atomic E-state index is 12.6. The van der Waals surface area contributed by atoms with Crippen molar-refractivity contribution in [3.8, 4) is 11.8 Å². The van der Waals surface area contributed by atoms with Crippen molar-refractivity contribution in [2.45, 2.75) is 34.2 Å². The Balaban J connectivity index is 1.78. The lowest BCUT2D eigenvalue weighted by molar-refractivity contribution is -0.137. The van der Waals surface area contributed by atoms with Gasteiger partial charge in [0.2, 0.25) is 5.78 Å². The molecule has 0 fully saturated rings. The lowest BCUT2D eigenvalue weighted by Crippen LogP contribution is -2.16. The Hall–Kier alpha value is -4.18. The van der Waals surface area contributed by atoms with E-state index in [0.29, 0.717) is 23.4 Å². The summed E-state index contributed by atoms with van der Waals surface area (Å²) in [6.07, 6.45) is 3.21. The average Bonchev–Trinajstić information content (AvgIpc) is 3.26. The van der Waals surface area contributed by atoms with Crippen LogP contribution in [0.5, 0.6) is 0 Å². The van der Waals surface area contributed by atoms with Gasteiger partial charge in [-0.2, -0.15) is 10.4 Å². The highest BCUT2D eigenvalue weighted by Crippen LogP contribution is 2.21. The standard InChI is InChI=1S/C26H26N4O3/c1-6-12-29-17(2)13-24(19(29)4)25(31)16-33-26(32)21(15-27)14-23-18(3)28-30(20(23)5)22-10-8-7-9-11-22/h6-11,13-14H,1,12,16H2,2-5H3. The number of aryl methyl sites for hydroxylation is 2. The number of rotatable bonds is 8. The number of nitriles is 1. The zero-order valence-electron chi connectivity index (χ0n) is 19.3. The number of ketones is 1. The summed E-state index contributed by atoms with van der Waals surface area (Å²) >= 11 is 0. The maximum Gasteiger partial charge on any atom is 0.349 e. The van der Waals surface area contributed by atoms with Crippen LogP contribution >= 0.6 is 0 Å². The summed E-state index contributed by atoms with van der Waals surface area (Å²) in [5, 5.41) is 14.1. The molecule has 0 aliphatic carbocycles. The van der Waals surface area contributed by atoms with E-state index in [1.807, 2.05) is 61.7 Å². The first kappa shape index (κ1) is 23.5. The van der Waals surface area contributed by atoms with Crippen LogP contribution in [0.25, 0.3) is 11.8 Å². The molecule has 2 aromatic heterocycles. The van der Waals surface area contributed by atoms with E-state index in [1.54, 1.807) is 23.7 Å². The van der Waals surface area contributed by atoms with Crippen molar-refractivity contribution in [2.75, 3.05) is 6.61 Å². The third kappa shape index (κ3) is 4.85. The quantitative estimate of drug-likeness (QED) is 0.169. The van der Waals surface area contributed by atoms with Gasteiger partial charge in [0.25, 0.3) is 0 Å². The van der Waals surface area contributed by atoms with E-state index in [-0.39, 0.29) is 11.4 Å². The predicted molar refractivity (Wildman–Crippen MR) is 126 cm³/mol. The molecule has 7 heteroatoms. The molecule has 0 spiro atoms. The number of carbonyl (C=O) groups excluding carboxylic acids is 2. The van der Waals surface area contributed by atoms with Crippen LogP contribution in [0.4, 0.5) is 0 Å². The number of hydrogen-bond acceptors (Lipinski definition) is 5. The number of allylic oxidation sites excluding steroid dienone is 1. The van der Waals surface area contributed by atoms with Crippen LogP contribution in [0, 0.1) is 39.0 Å². The lowest BCUT2D eigenvalue weighted by Gasteiger charge is -2.07. The molecule has 0 saturated heterocycles. The van der Waals surface area contributed by atoms with E-state index in [9.17, 15) is 14.9 Å². The smallest absolute Gasteiger partial charge is 0.349 e.